The largest absolute Gasteiger partial charge is 0.382 e. The van der Waals surface area contributed by atoms with Gasteiger partial charge in [-0.05, 0) is 43.0 Å². The van der Waals surface area contributed by atoms with Gasteiger partial charge in [0.15, 0.2) is 5.65 Å². The van der Waals surface area contributed by atoms with Crippen LogP contribution in [-0.2, 0) is 6.42 Å². The first kappa shape index (κ1) is 21.9. The molecular weight excluding hydrogens is 454 g/mol. The van der Waals surface area contributed by atoms with Gasteiger partial charge in [-0.15, -0.1) is 0 Å². The molecule has 1 saturated heterocycles. The molecule has 1 fully saturated rings. The van der Waals surface area contributed by atoms with Crippen molar-refractivity contribution < 1.29 is 0 Å². The Morgan fingerprint density at radius 3 is 2.58 bits per heavy atom. The van der Waals surface area contributed by atoms with E-state index in [4.69, 9.17) is 28.1 Å². The van der Waals surface area contributed by atoms with Crippen molar-refractivity contribution in [2.24, 2.45) is 5.73 Å². The van der Waals surface area contributed by atoms with E-state index in [0.717, 1.165) is 53.6 Å². The van der Waals surface area contributed by atoms with Gasteiger partial charge in [-0.3, -0.25) is 0 Å². The summed E-state index contributed by atoms with van der Waals surface area (Å²) in [6.07, 6.45) is 6.13. The number of pyridine rings is 2. The Morgan fingerprint density at radius 1 is 1.00 bits per heavy atom. The third-order valence-electron chi connectivity index (χ3n) is 5.94. The average molecular weight is 478 g/mol. The van der Waals surface area contributed by atoms with Gasteiger partial charge in [-0.2, -0.15) is 0 Å². The van der Waals surface area contributed by atoms with Crippen LogP contribution in [0.1, 0.15) is 18.4 Å². The van der Waals surface area contributed by atoms with Gasteiger partial charge in [-0.1, -0.05) is 53.7 Å². The molecule has 4 heterocycles. The lowest BCUT2D eigenvalue weighted by molar-refractivity contribution is 0.330. The van der Waals surface area contributed by atoms with E-state index in [1.807, 2.05) is 24.3 Å². The van der Waals surface area contributed by atoms with E-state index >= 15 is 0 Å². The molecule has 9 heteroatoms. The lowest BCUT2D eigenvalue weighted by Crippen LogP contribution is -2.52. The quantitative estimate of drug-likeness (QED) is 0.437. The van der Waals surface area contributed by atoms with Crippen molar-refractivity contribution in [3.05, 3.63) is 71.5 Å². The summed E-state index contributed by atoms with van der Waals surface area (Å²) in [5, 5.41) is 1.20. The summed E-state index contributed by atoms with van der Waals surface area (Å²) in [4.78, 5) is 21.1. The Balaban J connectivity index is 1.28. The van der Waals surface area contributed by atoms with Crippen LogP contribution in [0.4, 0.5) is 11.6 Å². The average Bonchev–Trinajstić information content (AvgIpc) is 2.83. The Hall–Kier alpha value is -2.94. The molecule has 4 aromatic rings. The van der Waals surface area contributed by atoms with Crippen LogP contribution in [0.25, 0.3) is 11.2 Å². The summed E-state index contributed by atoms with van der Waals surface area (Å²) in [6.45, 7) is 1.71. The number of nitrogens with two attached hydrogens (primary N) is 2. The van der Waals surface area contributed by atoms with E-state index in [1.165, 1.54) is 17.3 Å². The monoisotopic (exact) mass is 477 g/mol. The SMILES string of the molecule is Nc1nccc(Sc2ccc3nc(N4CCC(N)(Cc5ccccc5)CC4)cnc3n2)c1Cl. The maximum Gasteiger partial charge on any atom is 0.179 e. The number of anilines is 2. The highest BCUT2D eigenvalue weighted by molar-refractivity contribution is 7.99. The molecule has 0 aliphatic carbocycles. The van der Waals surface area contributed by atoms with Gasteiger partial charge in [0.1, 0.15) is 22.2 Å². The fraction of sp³-hybridized carbons (Fsp3) is 0.250. The minimum atomic E-state index is -0.187. The summed E-state index contributed by atoms with van der Waals surface area (Å²) < 4.78 is 0. The van der Waals surface area contributed by atoms with Crippen molar-refractivity contribution in [3.8, 4) is 0 Å². The number of hydrogen-bond acceptors (Lipinski definition) is 8. The van der Waals surface area contributed by atoms with Gasteiger partial charge >= 0.3 is 0 Å². The Bertz CT molecular complexity index is 1280. The number of aromatic nitrogens is 4. The maximum absolute atomic E-state index is 6.73. The van der Waals surface area contributed by atoms with Crippen LogP contribution in [0.2, 0.25) is 5.02 Å². The molecule has 33 heavy (non-hydrogen) atoms. The van der Waals surface area contributed by atoms with Crippen LogP contribution in [0.15, 0.2) is 70.8 Å². The molecular formula is C24H24ClN7S. The molecule has 0 unspecified atom stereocenters. The van der Waals surface area contributed by atoms with E-state index in [9.17, 15) is 0 Å². The topological polar surface area (TPSA) is 107 Å². The molecule has 168 valence electrons. The van der Waals surface area contributed by atoms with Crippen molar-refractivity contribution in [1.82, 2.24) is 19.9 Å². The second kappa shape index (κ2) is 9.13. The summed E-state index contributed by atoms with van der Waals surface area (Å²) in [5.41, 5.74) is 15.0. The summed E-state index contributed by atoms with van der Waals surface area (Å²) in [6, 6.07) is 16.1. The maximum atomic E-state index is 6.73. The van der Waals surface area contributed by atoms with E-state index in [1.54, 1.807) is 12.4 Å². The second-order valence-corrected chi connectivity index (χ2v) is 9.78. The summed E-state index contributed by atoms with van der Waals surface area (Å²) in [7, 11) is 0. The minimum absolute atomic E-state index is 0.187. The van der Waals surface area contributed by atoms with Crippen LogP contribution >= 0.6 is 23.4 Å². The fourth-order valence-electron chi connectivity index (χ4n) is 4.08. The normalized spacial score (nSPS) is 15.6. The van der Waals surface area contributed by atoms with Crippen LogP contribution in [0.5, 0.6) is 0 Å². The first-order chi connectivity index (χ1) is 16.0. The van der Waals surface area contributed by atoms with Gasteiger partial charge in [0.25, 0.3) is 0 Å². The van der Waals surface area contributed by atoms with E-state index in [-0.39, 0.29) is 5.54 Å². The molecule has 0 spiro atoms. The third kappa shape index (κ3) is 4.88. The number of hydrogen-bond donors (Lipinski definition) is 2. The van der Waals surface area contributed by atoms with E-state index in [2.05, 4.69) is 44.1 Å². The van der Waals surface area contributed by atoms with Gasteiger partial charge in [0.05, 0.1) is 11.2 Å². The third-order valence-corrected chi connectivity index (χ3v) is 7.45. The molecule has 1 aromatic carbocycles. The summed E-state index contributed by atoms with van der Waals surface area (Å²) >= 11 is 7.68. The van der Waals surface area contributed by atoms with Gasteiger partial charge in [-0.25, -0.2) is 19.9 Å². The van der Waals surface area contributed by atoms with Crippen molar-refractivity contribution >= 4 is 46.2 Å². The Labute approximate surface area is 201 Å². The Morgan fingerprint density at radius 2 is 1.79 bits per heavy atom. The van der Waals surface area contributed by atoms with Crippen molar-refractivity contribution in [1.29, 1.82) is 0 Å². The zero-order chi connectivity index (χ0) is 22.8. The molecule has 0 radical (unpaired) electrons. The minimum Gasteiger partial charge on any atom is -0.382 e. The molecule has 0 bridgehead atoms. The molecule has 0 saturated carbocycles. The van der Waals surface area contributed by atoms with Crippen LogP contribution in [0.3, 0.4) is 0 Å². The smallest absolute Gasteiger partial charge is 0.179 e. The predicted molar refractivity (Wildman–Crippen MR) is 134 cm³/mol. The molecule has 4 N–H and O–H groups in total. The number of nitrogen functional groups attached to an aromatic ring is 1. The van der Waals surface area contributed by atoms with E-state index < -0.39 is 0 Å². The lowest BCUT2D eigenvalue weighted by Gasteiger charge is -2.39. The standard InChI is InChI=1S/C24H24ClN7S/c25-21-18(8-11-28-22(21)26)33-20-7-6-17-23(31-20)29-15-19(30-17)32-12-9-24(27,10-13-32)14-16-4-2-1-3-5-16/h1-8,11,15H,9-10,12-14,27H2,(H2,26,28). The number of piperidine rings is 1. The second-order valence-electron chi connectivity index (χ2n) is 8.34. The first-order valence-electron chi connectivity index (χ1n) is 10.8. The molecule has 3 aromatic heterocycles. The van der Waals surface area contributed by atoms with Crippen molar-refractivity contribution in [2.45, 2.75) is 34.7 Å². The van der Waals surface area contributed by atoms with Gasteiger partial charge < -0.3 is 16.4 Å². The number of rotatable bonds is 5. The fourth-order valence-corrected chi connectivity index (χ4v) is 5.12. The van der Waals surface area contributed by atoms with Crippen LogP contribution in [0, 0.1) is 0 Å². The highest BCUT2D eigenvalue weighted by Gasteiger charge is 2.31. The molecule has 0 amide bonds. The molecule has 1 aliphatic heterocycles. The zero-order valence-corrected chi connectivity index (χ0v) is 19.6. The molecule has 0 atom stereocenters. The number of halogens is 1. The van der Waals surface area contributed by atoms with E-state index in [0.29, 0.717) is 16.5 Å². The lowest BCUT2D eigenvalue weighted by atomic mass is 9.83. The highest BCUT2D eigenvalue weighted by Crippen LogP contribution is 2.35. The van der Waals surface area contributed by atoms with Crippen LogP contribution < -0.4 is 16.4 Å². The molecule has 5 rings (SSSR count). The number of fused-ring (bicyclic) bond motifs is 1. The number of nitrogens with zero attached hydrogens (tertiary/aromatic N) is 5. The zero-order valence-electron chi connectivity index (χ0n) is 18.0. The summed E-state index contributed by atoms with van der Waals surface area (Å²) in [5.74, 6) is 1.16. The first-order valence-corrected chi connectivity index (χ1v) is 12.0. The van der Waals surface area contributed by atoms with Crippen molar-refractivity contribution in [2.75, 3.05) is 23.7 Å². The van der Waals surface area contributed by atoms with Gasteiger partial charge in [0, 0.05) is 29.7 Å². The van der Waals surface area contributed by atoms with Crippen molar-refractivity contribution in [3.63, 3.8) is 0 Å². The highest BCUT2D eigenvalue weighted by atomic mass is 35.5. The molecule has 7 nitrogen and oxygen atoms in total. The van der Waals surface area contributed by atoms with Gasteiger partial charge in [0.2, 0.25) is 0 Å². The number of benzene rings is 1. The Kier molecular flexibility index (Phi) is 6.05. The van der Waals surface area contributed by atoms with Crippen LogP contribution in [-0.4, -0.2) is 38.6 Å². The predicted octanol–water partition coefficient (Wildman–Crippen LogP) is 4.35. The molecule has 1 aliphatic rings.